The number of ether oxygens (including phenoxy) is 2. The van der Waals surface area contributed by atoms with Crippen LogP contribution in [0.4, 0.5) is 8.78 Å². The molecule has 0 unspecified atom stereocenters. The second kappa shape index (κ2) is 6.53. The van der Waals surface area contributed by atoms with Crippen LogP contribution in [0.25, 0.3) is 0 Å². The lowest BCUT2D eigenvalue weighted by Gasteiger charge is -2.06. The van der Waals surface area contributed by atoms with Gasteiger partial charge in [0.05, 0.1) is 5.56 Å². The highest BCUT2D eigenvalue weighted by atomic mass is 19.3. The average molecular weight is 259 g/mol. The molecule has 0 aliphatic rings. The number of hydrogen-bond acceptors (Lipinski definition) is 4. The number of hydrogen-bond donors (Lipinski definition) is 1. The van der Waals surface area contributed by atoms with Gasteiger partial charge in [0, 0.05) is 7.05 Å². The van der Waals surface area contributed by atoms with Crippen molar-refractivity contribution >= 4 is 11.9 Å². The van der Waals surface area contributed by atoms with Crippen LogP contribution in [0.1, 0.15) is 10.4 Å². The zero-order valence-corrected chi connectivity index (χ0v) is 9.48. The van der Waals surface area contributed by atoms with Crippen molar-refractivity contribution in [2.75, 3.05) is 13.7 Å². The van der Waals surface area contributed by atoms with E-state index in [1.54, 1.807) is 0 Å². The van der Waals surface area contributed by atoms with E-state index in [2.05, 4.69) is 14.8 Å². The quantitative estimate of drug-likeness (QED) is 0.807. The van der Waals surface area contributed by atoms with Crippen molar-refractivity contribution < 1.29 is 27.8 Å². The van der Waals surface area contributed by atoms with E-state index >= 15 is 0 Å². The summed E-state index contributed by atoms with van der Waals surface area (Å²) in [7, 11) is 1.41. The standard InChI is InChI=1S/C11H11F2NO4/c1-14-9(15)6-17-10(16)7-2-4-8(5-3-7)18-11(12)13/h2-5,11H,6H2,1H3,(H,14,15). The minimum Gasteiger partial charge on any atom is -0.452 e. The summed E-state index contributed by atoms with van der Waals surface area (Å²) in [6.45, 7) is -3.32. The second-order valence-corrected chi connectivity index (χ2v) is 3.15. The Morgan fingerprint density at radius 3 is 2.39 bits per heavy atom. The molecule has 1 rings (SSSR count). The average Bonchev–Trinajstić information content (AvgIpc) is 2.35. The van der Waals surface area contributed by atoms with Crippen LogP contribution in [-0.2, 0) is 9.53 Å². The highest BCUT2D eigenvalue weighted by Crippen LogP contribution is 2.15. The number of nitrogens with one attached hydrogen (secondary N) is 1. The molecule has 0 heterocycles. The fourth-order valence-corrected chi connectivity index (χ4v) is 1.06. The Bertz CT molecular complexity index is 420. The molecule has 0 bridgehead atoms. The Balaban J connectivity index is 2.56. The van der Waals surface area contributed by atoms with Crippen molar-refractivity contribution in [1.29, 1.82) is 0 Å². The molecule has 1 aromatic carbocycles. The van der Waals surface area contributed by atoms with E-state index in [-0.39, 0.29) is 11.3 Å². The number of carbonyl (C=O) groups excluding carboxylic acids is 2. The summed E-state index contributed by atoms with van der Waals surface area (Å²) in [4.78, 5) is 22.2. The van der Waals surface area contributed by atoms with Gasteiger partial charge >= 0.3 is 12.6 Å². The van der Waals surface area contributed by atoms with Crippen molar-refractivity contribution in [3.8, 4) is 5.75 Å². The Labute approximate surface area is 102 Å². The largest absolute Gasteiger partial charge is 0.452 e. The summed E-state index contributed by atoms with van der Waals surface area (Å²) in [6, 6.07) is 4.96. The monoisotopic (exact) mass is 259 g/mol. The molecule has 98 valence electrons. The van der Waals surface area contributed by atoms with Gasteiger partial charge in [-0.3, -0.25) is 4.79 Å². The first-order valence-electron chi connectivity index (χ1n) is 4.95. The maximum Gasteiger partial charge on any atom is 0.387 e. The van der Waals surface area contributed by atoms with Gasteiger partial charge in [0.25, 0.3) is 5.91 Å². The minimum atomic E-state index is -2.92. The SMILES string of the molecule is CNC(=O)COC(=O)c1ccc(OC(F)F)cc1. The van der Waals surface area contributed by atoms with Crippen molar-refractivity contribution in [2.24, 2.45) is 0 Å². The maximum absolute atomic E-state index is 11.9. The molecule has 18 heavy (non-hydrogen) atoms. The lowest BCUT2D eigenvalue weighted by Crippen LogP contribution is -2.25. The first-order chi connectivity index (χ1) is 8.52. The number of likely N-dealkylation sites (N-methyl/N-ethyl adjacent to an activating group) is 1. The van der Waals surface area contributed by atoms with Gasteiger partial charge in [-0.25, -0.2) is 4.79 Å². The van der Waals surface area contributed by atoms with Crippen molar-refractivity contribution in [2.45, 2.75) is 6.61 Å². The van der Waals surface area contributed by atoms with Crippen LogP contribution in [0.3, 0.4) is 0 Å². The predicted molar refractivity (Wildman–Crippen MR) is 57.4 cm³/mol. The number of halogens is 2. The van der Waals surface area contributed by atoms with Crippen LogP contribution in [0.2, 0.25) is 0 Å². The molecule has 1 amide bonds. The van der Waals surface area contributed by atoms with Crippen LogP contribution in [-0.4, -0.2) is 32.1 Å². The van der Waals surface area contributed by atoms with E-state index in [0.29, 0.717) is 0 Å². The molecule has 0 aliphatic carbocycles. The van der Waals surface area contributed by atoms with Crippen LogP contribution in [0.15, 0.2) is 24.3 Å². The lowest BCUT2D eigenvalue weighted by molar-refractivity contribution is -0.123. The minimum absolute atomic E-state index is 0.0622. The van der Waals surface area contributed by atoms with Gasteiger partial charge in [0.1, 0.15) is 5.75 Å². The summed E-state index contributed by atoms with van der Waals surface area (Å²) >= 11 is 0. The number of esters is 1. The highest BCUT2D eigenvalue weighted by molar-refractivity contribution is 5.91. The van der Waals surface area contributed by atoms with Gasteiger partial charge in [0.15, 0.2) is 6.61 Å². The predicted octanol–water partition coefficient (Wildman–Crippen LogP) is 1.19. The van der Waals surface area contributed by atoms with E-state index in [0.717, 1.165) is 0 Å². The first-order valence-corrected chi connectivity index (χ1v) is 4.95. The summed E-state index contributed by atoms with van der Waals surface area (Å²) in [5, 5.41) is 2.28. The number of rotatable bonds is 5. The van der Waals surface area contributed by atoms with E-state index < -0.39 is 25.1 Å². The molecule has 0 fully saturated rings. The van der Waals surface area contributed by atoms with Crippen LogP contribution >= 0.6 is 0 Å². The third kappa shape index (κ3) is 4.36. The van der Waals surface area contributed by atoms with Crippen LogP contribution < -0.4 is 10.1 Å². The van der Waals surface area contributed by atoms with Gasteiger partial charge in [-0.2, -0.15) is 8.78 Å². The molecule has 0 aromatic heterocycles. The van der Waals surface area contributed by atoms with Gasteiger partial charge in [0.2, 0.25) is 0 Å². The van der Waals surface area contributed by atoms with Gasteiger partial charge < -0.3 is 14.8 Å². The topological polar surface area (TPSA) is 64.6 Å². The highest BCUT2D eigenvalue weighted by Gasteiger charge is 2.10. The van der Waals surface area contributed by atoms with Gasteiger partial charge in [-0.15, -0.1) is 0 Å². The Morgan fingerprint density at radius 2 is 1.89 bits per heavy atom. The van der Waals surface area contributed by atoms with E-state index in [9.17, 15) is 18.4 Å². The third-order valence-corrected chi connectivity index (χ3v) is 1.93. The third-order valence-electron chi connectivity index (χ3n) is 1.93. The van der Waals surface area contributed by atoms with Crippen molar-refractivity contribution in [3.05, 3.63) is 29.8 Å². The summed E-state index contributed by atoms with van der Waals surface area (Å²) in [6.07, 6.45) is 0. The molecule has 1 N–H and O–H groups in total. The maximum atomic E-state index is 11.9. The van der Waals surface area contributed by atoms with Gasteiger partial charge in [-0.05, 0) is 24.3 Å². The fraction of sp³-hybridized carbons (Fsp3) is 0.273. The summed E-state index contributed by atoms with van der Waals surface area (Å²) in [5.41, 5.74) is 0.139. The molecule has 1 aromatic rings. The molecule has 0 spiro atoms. The smallest absolute Gasteiger partial charge is 0.387 e. The first kappa shape index (κ1) is 13.9. The molecule has 0 aliphatic heterocycles. The number of amides is 1. The van der Waals surface area contributed by atoms with Crippen LogP contribution in [0.5, 0.6) is 5.75 Å². The second-order valence-electron chi connectivity index (χ2n) is 3.15. The molecular formula is C11H11F2NO4. The van der Waals surface area contributed by atoms with Gasteiger partial charge in [-0.1, -0.05) is 0 Å². The molecule has 0 radical (unpaired) electrons. The Kier molecular flexibility index (Phi) is 5.04. The molecule has 0 saturated carbocycles. The fourth-order valence-electron chi connectivity index (χ4n) is 1.06. The van der Waals surface area contributed by atoms with Crippen LogP contribution in [0, 0.1) is 0 Å². The Hall–Kier alpha value is -2.18. The molecule has 0 atom stereocenters. The summed E-state index contributed by atoms with van der Waals surface area (Å²) < 4.78 is 32.5. The van der Waals surface area contributed by atoms with Crippen molar-refractivity contribution in [3.63, 3.8) is 0 Å². The number of benzene rings is 1. The zero-order chi connectivity index (χ0) is 13.5. The molecule has 5 nitrogen and oxygen atoms in total. The van der Waals surface area contributed by atoms with Crippen molar-refractivity contribution in [1.82, 2.24) is 5.32 Å². The molecule has 0 saturated heterocycles. The lowest BCUT2D eigenvalue weighted by atomic mass is 10.2. The summed E-state index contributed by atoms with van der Waals surface area (Å²) in [5.74, 6) is -1.23. The zero-order valence-electron chi connectivity index (χ0n) is 9.48. The number of carbonyl (C=O) groups is 2. The van der Waals surface area contributed by atoms with E-state index in [1.807, 2.05) is 0 Å². The molecular weight excluding hydrogens is 248 g/mol. The Morgan fingerprint density at radius 1 is 1.28 bits per heavy atom. The van der Waals surface area contributed by atoms with E-state index in [4.69, 9.17) is 0 Å². The molecule has 7 heteroatoms. The normalized spacial score (nSPS) is 10.0. The van der Waals surface area contributed by atoms with E-state index in [1.165, 1.54) is 31.3 Å². The number of alkyl halides is 2.